The number of nitrogens with zero attached hydrogens (tertiary/aromatic N) is 2. The van der Waals surface area contributed by atoms with Crippen molar-refractivity contribution in [3.63, 3.8) is 0 Å². The lowest BCUT2D eigenvalue weighted by Crippen LogP contribution is -2.33. The molecule has 0 atom stereocenters. The van der Waals surface area contributed by atoms with E-state index in [0.29, 0.717) is 12.0 Å². The van der Waals surface area contributed by atoms with Crippen LogP contribution in [0, 0.1) is 0 Å². The molecule has 1 saturated carbocycles. The SMILES string of the molecule is CCCNC1CCC(c2nc(Cc3cccs3)no2)CC1. The molecule has 0 radical (unpaired) electrons. The molecule has 4 nitrogen and oxygen atoms in total. The minimum atomic E-state index is 0.453. The van der Waals surface area contributed by atoms with E-state index in [1.165, 1.54) is 24.1 Å². The van der Waals surface area contributed by atoms with E-state index in [0.717, 1.165) is 37.5 Å². The first-order valence-electron chi connectivity index (χ1n) is 7.93. The fraction of sp³-hybridized carbons (Fsp3) is 0.625. The molecule has 3 rings (SSSR count). The van der Waals surface area contributed by atoms with Gasteiger partial charge in [0, 0.05) is 23.3 Å². The van der Waals surface area contributed by atoms with Crippen molar-refractivity contribution >= 4 is 11.3 Å². The molecule has 1 aliphatic carbocycles. The summed E-state index contributed by atoms with van der Waals surface area (Å²) in [5.41, 5.74) is 0. The average molecular weight is 305 g/mol. The first-order valence-corrected chi connectivity index (χ1v) is 8.81. The summed E-state index contributed by atoms with van der Waals surface area (Å²) in [6.07, 6.45) is 6.73. The third kappa shape index (κ3) is 3.92. The van der Waals surface area contributed by atoms with Crippen molar-refractivity contribution in [3.8, 4) is 0 Å². The lowest BCUT2D eigenvalue weighted by atomic mass is 9.86. The van der Waals surface area contributed by atoms with Crippen molar-refractivity contribution in [1.82, 2.24) is 15.5 Å². The summed E-state index contributed by atoms with van der Waals surface area (Å²) in [6, 6.07) is 4.85. The van der Waals surface area contributed by atoms with Gasteiger partial charge in [0.1, 0.15) is 0 Å². The zero-order valence-corrected chi connectivity index (χ0v) is 13.4. The van der Waals surface area contributed by atoms with Crippen molar-refractivity contribution in [2.75, 3.05) is 6.54 Å². The smallest absolute Gasteiger partial charge is 0.229 e. The van der Waals surface area contributed by atoms with Crippen LogP contribution in [0.2, 0.25) is 0 Å². The molecule has 0 aliphatic heterocycles. The van der Waals surface area contributed by atoms with Gasteiger partial charge in [0.25, 0.3) is 0 Å². The standard InChI is InChI=1S/C16H23N3OS/c1-2-9-17-13-7-5-12(6-8-13)16-18-15(19-20-16)11-14-4-3-10-21-14/h3-4,10,12-13,17H,2,5-9,11H2,1H3. The Morgan fingerprint density at radius 1 is 1.33 bits per heavy atom. The Bertz CT molecular complexity index is 529. The van der Waals surface area contributed by atoms with Crippen LogP contribution in [0.5, 0.6) is 0 Å². The molecule has 21 heavy (non-hydrogen) atoms. The molecular formula is C16H23N3OS. The highest BCUT2D eigenvalue weighted by atomic mass is 32.1. The molecule has 2 aromatic rings. The summed E-state index contributed by atoms with van der Waals surface area (Å²) >= 11 is 1.74. The number of aromatic nitrogens is 2. The van der Waals surface area contributed by atoms with Crippen LogP contribution in [0.25, 0.3) is 0 Å². The van der Waals surface area contributed by atoms with Gasteiger partial charge in [0.05, 0.1) is 0 Å². The van der Waals surface area contributed by atoms with Crippen LogP contribution in [-0.2, 0) is 6.42 Å². The van der Waals surface area contributed by atoms with E-state index in [1.807, 2.05) is 0 Å². The summed E-state index contributed by atoms with van der Waals surface area (Å²) < 4.78 is 5.49. The van der Waals surface area contributed by atoms with Gasteiger partial charge in [-0.1, -0.05) is 18.1 Å². The molecule has 5 heteroatoms. The highest BCUT2D eigenvalue weighted by Crippen LogP contribution is 2.32. The van der Waals surface area contributed by atoms with E-state index in [1.54, 1.807) is 11.3 Å². The van der Waals surface area contributed by atoms with Crippen molar-refractivity contribution in [2.45, 2.75) is 57.4 Å². The van der Waals surface area contributed by atoms with Crippen LogP contribution in [0.1, 0.15) is 61.5 Å². The molecule has 2 aromatic heterocycles. The molecule has 2 heterocycles. The lowest BCUT2D eigenvalue weighted by molar-refractivity contribution is 0.282. The monoisotopic (exact) mass is 305 g/mol. The molecule has 0 spiro atoms. The Morgan fingerprint density at radius 2 is 2.19 bits per heavy atom. The minimum Gasteiger partial charge on any atom is -0.339 e. The average Bonchev–Trinajstić information content (AvgIpc) is 3.18. The van der Waals surface area contributed by atoms with E-state index in [4.69, 9.17) is 4.52 Å². The summed E-state index contributed by atoms with van der Waals surface area (Å²) in [4.78, 5) is 5.89. The van der Waals surface area contributed by atoms with E-state index in [-0.39, 0.29) is 0 Å². The number of nitrogens with one attached hydrogen (secondary N) is 1. The molecule has 1 N–H and O–H groups in total. The fourth-order valence-corrected chi connectivity index (χ4v) is 3.67. The Labute approximate surface area is 130 Å². The number of hydrogen-bond donors (Lipinski definition) is 1. The molecule has 0 saturated heterocycles. The summed E-state index contributed by atoms with van der Waals surface area (Å²) in [5, 5.41) is 9.84. The third-order valence-electron chi connectivity index (χ3n) is 4.16. The van der Waals surface area contributed by atoms with E-state index < -0.39 is 0 Å². The van der Waals surface area contributed by atoms with Crippen molar-refractivity contribution in [3.05, 3.63) is 34.1 Å². The lowest BCUT2D eigenvalue weighted by Gasteiger charge is -2.27. The van der Waals surface area contributed by atoms with Crippen LogP contribution < -0.4 is 5.32 Å². The first kappa shape index (κ1) is 14.7. The van der Waals surface area contributed by atoms with Crippen molar-refractivity contribution in [2.24, 2.45) is 0 Å². The maximum atomic E-state index is 5.49. The highest BCUT2D eigenvalue weighted by molar-refractivity contribution is 7.09. The van der Waals surface area contributed by atoms with Gasteiger partial charge in [0.2, 0.25) is 5.89 Å². The van der Waals surface area contributed by atoms with Crippen molar-refractivity contribution in [1.29, 1.82) is 0 Å². The quantitative estimate of drug-likeness (QED) is 0.883. The maximum Gasteiger partial charge on any atom is 0.229 e. The minimum absolute atomic E-state index is 0.453. The molecule has 0 unspecified atom stereocenters. The molecule has 1 fully saturated rings. The zero-order chi connectivity index (χ0) is 14.5. The summed E-state index contributed by atoms with van der Waals surface area (Å²) in [7, 11) is 0. The van der Waals surface area contributed by atoms with E-state index in [9.17, 15) is 0 Å². The topological polar surface area (TPSA) is 51.0 Å². The molecule has 0 bridgehead atoms. The predicted octanol–water partition coefficient (Wildman–Crippen LogP) is 3.75. The van der Waals surface area contributed by atoms with Crippen LogP contribution in [0.4, 0.5) is 0 Å². The van der Waals surface area contributed by atoms with Crippen LogP contribution in [-0.4, -0.2) is 22.7 Å². The third-order valence-corrected chi connectivity index (χ3v) is 5.03. The highest BCUT2D eigenvalue weighted by Gasteiger charge is 2.26. The Hall–Kier alpha value is -1.20. The van der Waals surface area contributed by atoms with Gasteiger partial charge in [-0.2, -0.15) is 4.98 Å². The summed E-state index contributed by atoms with van der Waals surface area (Å²) in [6.45, 7) is 3.34. The fourth-order valence-electron chi connectivity index (χ4n) is 2.97. The van der Waals surface area contributed by atoms with Crippen LogP contribution in [0.15, 0.2) is 22.0 Å². The molecule has 0 aromatic carbocycles. The number of hydrogen-bond acceptors (Lipinski definition) is 5. The second-order valence-corrected chi connectivity index (χ2v) is 6.84. The second kappa shape index (κ2) is 7.18. The van der Waals surface area contributed by atoms with Gasteiger partial charge in [-0.3, -0.25) is 0 Å². The van der Waals surface area contributed by atoms with Crippen molar-refractivity contribution < 1.29 is 4.52 Å². The van der Waals surface area contributed by atoms with E-state index >= 15 is 0 Å². The second-order valence-electron chi connectivity index (χ2n) is 5.81. The van der Waals surface area contributed by atoms with E-state index in [2.05, 4.69) is 39.9 Å². The maximum absolute atomic E-state index is 5.49. The van der Waals surface area contributed by atoms with Gasteiger partial charge in [-0.25, -0.2) is 0 Å². The van der Waals surface area contributed by atoms with Gasteiger partial charge in [0.15, 0.2) is 5.82 Å². The Morgan fingerprint density at radius 3 is 2.90 bits per heavy atom. The first-order chi connectivity index (χ1) is 10.3. The van der Waals surface area contributed by atoms with Gasteiger partial charge in [-0.15, -0.1) is 11.3 Å². The molecule has 114 valence electrons. The van der Waals surface area contributed by atoms with Crippen LogP contribution >= 0.6 is 11.3 Å². The Kier molecular flexibility index (Phi) is 5.04. The van der Waals surface area contributed by atoms with Crippen LogP contribution in [0.3, 0.4) is 0 Å². The molecule has 1 aliphatic rings. The van der Waals surface area contributed by atoms with Gasteiger partial charge >= 0.3 is 0 Å². The zero-order valence-electron chi connectivity index (χ0n) is 12.5. The van der Waals surface area contributed by atoms with Gasteiger partial charge in [-0.05, 0) is 50.1 Å². The normalized spacial score (nSPS) is 22.5. The molecular weight excluding hydrogens is 282 g/mol. The molecule has 0 amide bonds. The number of thiophene rings is 1. The Balaban J connectivity index is 1.53. The number of rotatable bonds is 6. The summed E-state index contributed by atoms with van der Waals surface area (Å²) in [5.74, 6) is 2.11. The van der Waals surface area contributed by atoms with Gasteiger partial charge < -0.3 is 9.84 Å². The predicted molar refractivity (Wildman–Crippen MR) is 84.7 cm³/mol. The largest absolute Gasteiger partial charge is 0.339 e.